The van der Waals surface area contributed by atoms with Gasteiger partial charge in [-0.2, -0.15) is 0 Å². The van der Waals surface area contributed by atoms with Gasteiger partial charge >= 0.3 is 0 Å². The Hall–Kier alpha value is -0.610. The van der Waals surface area contributed by atoms with E-state index in [1.54, 1.807) is 0 Å². The first-order valence-corrected chi connectivity index (χ1v) is 6.94. The first kappa shape index (κ1) is 12.8. The number of fused-ring (bicyclic) bond motifs is 3. The van der Waals surface area contributed by atoms with Gasteiger partial charge < -0.3 is 9.80 Å². The van der Waals surface area contributed by atoms with Crippen molar-refractivity contribution in [2.45, 2.75) is 20.3 Å². The first-order valence-electron chi connectivity index (χ1n) is 6.94. The molecule has 0 saturated carbocycles. The first-order chi connectivity index (χ1) is 8.10. The summed E-state index contributed by atoms with van der Waals surface area (Å²) in [4.78, 5) is 14.4. The minimum Gasteiger partial charge on any atom is -0.351 e. The summed E-state index contributed by atoms with van der Waals surface area (Å²) in [5, 5.41) is 3.07. The van der Waals surface area contributed by atoms with Gasteiger partial charge in [-0.1, -0.05) is 13.8 Å². The van der Waals surface area contributed by atoms with Gasteiger partial charge in [0, 0.05) is 26.2 Å². The Kier molecular flexibility index (Phi) is 4.05. The molecule has 1 N–H and O–H groups in total. The van der Waals surface area contributed by atoms with Gasteiger partial charge in [0.1, 0.15) is 0 Å². The van der Waals surface area contributed by atoms with Crippen molar-refractivity contribution >= 4 is 5.91 Å². The van der Waals surface area contributed by atoms with E-state index in [9.17, 15) is 4.79 Å². The van der Waals surface area contributed by atoms with Crippen LogP contribution in [0.2, 0.25) is 0 Å². The maximum atomic E-state index is 11.9. The SMILES string of the molecule is CC(C)CCNC(=O)C[N+]12CCN(CC1)CC2. The summed E-state index contributed by atoms with van der Waals surface area (Å²) < 4.78 is 1.03. The average molecular weight is 240 g/mol. The molecule has 0 aromatic rings. The number of nitrogens with zero attached hydrogens (tertiary/aromatic N) is 2. The molecule has 0 radical (unpaired) electrons. The van der Waals surface area contributed by atoms with E-state index in [0.717, 1.165) is 37.1 Å². The molecule has 4 heteroatoms. The van der Waals surface area contributed by atoms with Crippen LogP contribution < -0.4 is 5.32 Å². The molecule has 3 heterocycles. The maximum Gasteiger partial charge on any atom is 0.275 e. The topological polar surface area (TPSA) is 32.3 Å². The molecule has 1 amide bonds. The highest BCUT2D eigenvalue weighted by Crippen LogP contribution is 2.18. The molecule has 4 nitrogen and oxygen atoms in total. The van der Waals surface area contributed by atoms with Gasteiger partial charge in [-0.25, -0.2) is 0 Å². The van der Waals surface area contributed by atoms with E-state index in [0.29, 0.717) is 12.5 Å². The Bertz CT molecular complexity index is 256. The van der Waals surface area contributed by atoms with E-state index in [1.165, 1.54) is 19.6 Å². The van der Waals surface area contributed by atoms with E-state index in [4.69, 9.17) is 0 Å². The number of rotatable bonds is 5. The lowest BCUT2D eigenvalue weighted by Gasteiger charge is -2.50. The minimum atomic E-state index is 0.251. The summed E-state index contributed by atoms with van der Waals surface area (Å²) in [5.41, 5.74) is 0. The fourth-order valence-corrected chi connectivity index (χ4v) is 2.83. The highest BCUT2D eigenvalue weighted by molar-refractivity contribution is 5.77. The molecule has 98 valence electrons. The zero-order valence-corrected chi connectivity index (χ0v) is 11.2. The predicted molar refractivity (Wildman–Crippen MR) is 68.6 cm³/mol. The van der Waals surface area contributed by atoms with Gasteiger partial charge in [0.15, 0.2) is 6.54 Å². The van der Waals surface area contributed by atoms with Crippen LogP contribution in [0.15, 0.2) is 0 Å². The molecule has 3 fully saturated rings. The number of quaternary nitrogens is 1. The molecule has 0 atom stereocenters. The quantitative estimate of drug-likeness (QED) is 0.701. The Morgan fingerprint density at radius 3 is 2.35 bits per heavy atom. The van der Waals surface area contributed by atoms with Crippen LogP contribution in [0.3, 0.4) is 0 Å². The number of piperazine rings is 3. The lowest BCUT2D eigenvalue weighted by molar-refractivity contribution is -0.933. The van der Waals surface area contributed by atoms with E-state index >= 15 is 0 Å². The highest BCUT2D eigenvalue weighted by atomic mass is 16.2. The molecule has 3 aliphatic rings. The predicted octanol–water partition coefficient (Wildman–Crippen LogP) is 0.295. The smallest absolute Gasteiger partial charge is 0.275 e. The van der Waals surface area contributed by atoms with Gasteiger partial charge in [0.05, 0.1) is 19.6 Å². The van der Waals surface area contributed by atoms with E-state index in [1.807, 2.05) is 0 Å². The molecular formula is C13H26N3O+. The molecule has 2 bridgehead atoms. The molecule has 0 aliphatic carbocycles. The third-order valence-corrected chi connectivity index (χ3v) is 4.19. The van der Waals surface area contributed by atoms with Gasteiger partial charge in [0.2, 0.25) is 0 Å². The van der Waals surface area contributed by atoms with Crippen LogP contribution in [0.5, 0.6) is 0 Å². The lowest BCUT2D eigenvalue weighted by atomic mass is 10.1. The van der Waals surface area contributed by atoms with Crippen LogP contribution in [0, 0.1) is 5.92 Å². The fourth-order valence-electron chi connectivity index (χ4n) is 2.83. The van der Waals surface area contributed by atoms with E-state index in [-0.39, 0.29) is 5.91 Å². The average Bonchev–Trinajstić information content (AvgIpc) is 2.30. The molecular weight excluding hydrogens is 214 g/mol. The van der Waals surface area contributed by atoms with Crippen molar-refractivity contribution in [3.8, 4) is 0 Å². The van der Waals surface area contributed by atoms with Crippen molar-refractivity contribution in [1.29, 1.82) is 0 Å². The van der Waals surface area contributed by atoms with Crippen molar-refractivity contribution in [2.24, 2.45) is 5.92 Å². The number of hydrogen-bond acceptors (Lipinski definition) is 2. The van der Waals surface area contributed by atoms with Gasteiger partial charge in [-0.15, -0.1) is 0 Å². The summed E-state index contributed by atoms with van der Waals surface area (Å²) in [6, 6.07) is 0. The number of amides is 1. The number of carbonyl (C=O) groups is 1. The Morgan fingerprint density at radius 1 is 1.24 bits per heavy atom. The Morgan fingerprint density at radius 2 is 1.82 bits per heavy atom. The van der Waals surface area contributed by atoms with Crippen molar-refractivity contribution in [2.75, 3.05) is 52.4 Å². The summed E-state index contributed by atoms with van der Waals surface area (Å²) in [5.74, 6) is 0.918. The van der Waals surface area contributed by atoms with Crippen LogP contribution in [0.4, 0.5) is 0 Å². The summed E-state index contributed by atoms with van der Waals surface area (Å²) in [6.45, 7) is 13.0. The zero-order valence-electron chi connectivity index (χ0n) is 11.2. The standard InChI is InChI=1S/C13H25N3O/c1-12(2)3-4-14-13(17)11-16-8-5-15(6-9-16)7-10-16/h12H,3-11H2,1-2H3/p+1. The second-order valence-corrected chi connectivity index (χ2v) is 6.04. The maximum absolute atomic E-state index is 11.9. The second-order valence-electron chi connectivity index (χ2n) is 6.04. The normalized spacial score (nSPS) is 31.8. The summed E-state index contributed by atoms with van der Waals surface area (Å²) in [7, 11) is 0. The van der Waals surface area contributed by atoms with Gasteiger partial charge in [0.25, 0.3) is 5.91 Å². The van der Waals surface area contributed by atoms with Crippen LogP contribution in [-0.2, 0) is 4.79 Å². The number of nitrogens with one attached hydrogen (secondary N) is 1. The second kappa shape index (κ2) is 5.36. The zero-order chi connectivity index (χ0) is 12.3. The van der Waals surface area contributed by atoms with Crippen LogP contribution >= 0.6 is 0 Å². The van der Waals surface area contributed by atoms with Crippen LogP contribution in [0.25, 0.3) is 0 Å². The van der Waals surface area contributed by atoms with Crippen molar-refractivity contribution < 1.29 is 9.28 Å². The van der Waals surface area contributed by atoms with Crippen LogP contribution in [-0.4, -0.2) is 67.6 Å². The molecule has 3 saturated heterocycles. The minimum absolute atomic E-state index is 0.251. The summed E-state index contributed by atoms with van der Waals surface area (Å²) >= 11 is 0. The van der Waals surface area contributed by atoms with Gasteiger partial charge in [-0.05, 0) is 12.3 Å². The molecule has 3 rings (SSSR count). The summed E-state index contributed by atoms with van der Waals surface area (Å²) in [6.07, 6.45) is 1.08. The number of hydrogen-bond donors (Lipinski definition) is 1. The third kappa shape index (κ3) is 3.42. The molecule has 0 spiro atoms. The molecule has 0 unspecified atom stereocenters. The van der Waals surface area contributed by atoms with E-state index < -0.39 is 0 Å². The van der Waals surface area contributed by atoms with Crippen molar-refractivity contribution in [1.82, 2.24) is 10.2 Å². The molecule has 0 aromatic heterocycles. The van der Waals surface area contributed by atoms with Crippen LogP contribution in [0.1, 0.15) is 20.3 Å². The molecule has 17 heavy (non-hydrogen) atoms. The fraction of sp³-hybridized carbons (Fsp3) is 0.923. The number of carbonyl (C=O) groups excluding carboxylic acids is 1. The Balaban J connectivity index is 1.74. The van der Waals surface area contributed by atoms with Crippen molar-refractivity contribution in [3.05, 3.63) is 0 Å². The molecule has 3 aliphatic heterocycles. The van der Waals surface area contributed by atoms with E-state index in [2.05, 4.69) is 24.1 Å². The van der Waals surface area contributed by atoms with Gasteiger partial charge in [-0.3, -0.25) is 9.69 Å². The lowest BCUT2D eigenvalue weighted by Crippen LogP contribution is -2.69. The Labute approximate surface area is 105 Å². The molecule has 0 aromatic carbocycles. The van der Waals surface area contributed by atoms with Crippen molar-refractivity contribution in [3.63, 3.8) is 0 Å². The monoisotopic (exact) mass is 240 g/mol. The highest BCUT2D eigenvalue weighted by Gasteiger charge is 2.39. The third-order valence-electron chi connectivity index (χ3n) is 4.19. The largest absolute Gasteiger partial charge is 0.351 e.